The second kappa shape index (κ2) is 8.62. The fourth-order valence-electron chi connectivity index (χ4n) is 4.30. The lowest BCUT2D eigenvalue weighted by Crippen LogP contribution is -2.39. The van der Waals surface area contributed by atoms with Gasteiger partial charge < -0.3 is 15.4 Å². The highest BCUT2D eigenvalue weighted by atomic mass is 35.5. The molecule has 2 saturated heterocycles. The quantitative estimate of drug-likeness (QED) is 0.759. The molecule has 2 aliphatic heterocycles. The highest BCUT2D eigenvalue weighted by molar-refractivity contribution is 5.85. The SMILES string of the molecule is Cc1ccc(CNC(=O)CC2CC3CCC(C2)N3)c(OCC2CC2)c1.Cl. The van der Waals surface area contributed by atoms with E-state index in [1.165, 1.54) is 31.2 Å². The Hall–Kier alpha value is -1.26. The van der Waals surface area contributed by atoms with Crippen molar-refractivity contribution >= 4 is 18.3 Å². The van der Waals surface area contributed by atoms with E-state index >= 15 is 0 Å². The van der Waals surface area contributed by atoms with Crippen molar-refractivity contribution < 1.29 is 9.53 Å². The van der Waals surface area contributed by atoms with Gasteiger partial charge in [0.05, 0.1) is 6.61 Å². The predicted molar refractivity (Wildman–Crippen MR) is 106 cm³/mol. The van der Waals surface area contributed by atoms with Crippen molar-refractivity contribution in [2.75, 3.05) is 6.61 Å². The molecule has 144 valence electrons. The molecule has 3 aliphatic rings. The van der Waals surface area contributed by atoms with E-state index in [9.17, 15) is 4.79 Å². The average molecular weight is 379 g/mol. The van der Waals surface area contributed by atoms with E-state index < -0.39 is 0 Å². The highest BCUT2D eigenvalue weighted by Gasteiger charge is 2.34. The molecule has 1 aliphatic carbocycles. The largest absolute Gasteiger partial charge is 0.493 e. The number of hydrogen-bond acceptors (Lipinski definition) is 3. The summed E-state index contributed by atoms with van der Waals surface area (Å²) in [6.07, 6.45) is 8.13. The smallest absolute Gasteiger partial charge is 0.220 e. The average Bonchev–Trinajstić information content (AvgIpc) is 3.36. The maximum Gasteiger partial charge on any atom is 0.220 e. The van der Waals surface area contributed by atoms with Gasteiger partial charge in [-0.25, -0.2) is 0 Å². The Bertz CT molecular complexity index is 620. The van der Waals surface area contributed by atoms with Crippen LogP contribution >= 0.6 is 12.4 Å². The first kappa shape index (κ1) is 19.5. The molecule has 1 aromatic rings. The van der Waals surface area contributed by atoms with Gasteiger partial charge in [-0.3, -0.25) is 4.79 Å². The van der Waals surface area contributed by atoms with E-state index in [1.807, 2.05) is 0 Å². The zero-order valence-corrected chi connectivity index (χ0v) is 16.4. The zero-order chi connectivity index (χ0) is 17.2. The second-order valence-corrected chi connectivity index (χ2v) is 8.32. The van der Waals surface area contributed by atoms with Crippen molar-refractivity contribution in [3.8, 4) is 5.75 Å². The number of ether oxygens (including phenoxy) is 1. The van der Waals surface area contributed by atoms with Gasteiger partial charge in [-0.05, 0) is 68.9 Å². The summed E-state index contributed by atoms with van der Waals surface area (Å²) in [5.74, 6) is 2.40. The molecule has 2 bridgehead atoms. The van der Waals surface area contributed by atoms with Crippen LogP contribution < -0.4 is 15.4 Å². The van der Waals surface area contributed by atoms with Crippen LogP contribution in [0.2, 0.25) is 0 Å². The molecular formula is C21H31ClN2O2. The number of fused-ring (bicyclic) bond motifs is 2. The fraction of sp³-hybridized carbons (Fsp3) is 0.667. The van der Waals surface area contributed by atoms with Crippen molar-refractivity contribution in [2.45, 2.75) is 70.5 Å². The van der Waals surface area contributed by atoms with E-state index in [2.05, 4.69) is 35.8 Å². The van der Waals surface area contributed by atoms with Crippen LogP contribution in [0.4, 0.5) is 0 Å². The molecule has 26 heavy (non-hydrogen) atoms. The zero-order valence-electron chi connectivity index (χ0n) is 15.6. The van der Waals surface area contributed by atoms with Crippen LogP contribution in [0, 0.1) is 18.8 Å². The number of amides is 1. The summed E-state index contributed by atoms with van der Waals surface area (Å²) < 4.78 is 6.00. The number of aryl methyl sites for hydroxylation is 1. The third kappa shape index (κ3) is 5.14. The molecule has 2 heterocycles. The first-order valence-corrected chi connectivity index (χ1v) is 9.91. The molecule has 2 unspecified atom stereocenters. The van der Waals surface area contributed by atoms with E-state index in [1.54, 1.807) is 0 Å². The number of halogens is 1. The lowest BCUT2D eigenvalue weighted by Gasteiger charge is -2.28. The fourth-order valence-corrected chi connectivity index (χ4v) is 4.30. The Morgan fingerprint density at radius 1 is 1.15 bits per heavy atom. The molecule has 1 saturated carbocycles. The minimum Gasteiger partial charge on any atom is -0.493 e. The van der Waals surface area contributed by atoms with Crippen molar-refractivity contribution in [3.63, 3.8) is 0 Å². The molecule has 0 aromatic heterocycles. The van der Waals surface area contributed by atoms with Crippen LogP contribution in [0.25, 0.3) is 0 Å². The van der Waals surface area contributed by atoms with Crippen molar-refractivity contribution in [1.82, 2.24) is 10.6 Å². The predicted octanol–water partition coefficient (Wildman–Crippen LogP) is 3.74. The first-order valence-electron chi connectivity index (χ1n) is 9.91. The van der Waals surface area contributed by atoms with Crippen molar-refractivity contribution in [3.05, 3.63) is 29.3 Å². The third-order valence-electron chi connectivity index (χ3n) is 5.91. The molecule has 1 aromatic carbocycles. The number of carbonyl (C=O) groups excluding carboxylic acids is 1. The van der Waals surface area contributed by atoms with Gasteiger partial charge in [-0.15, -0.1) is 12.4 Å². The number of hydrogen-bond donors (Lipinski definition) is 2. The second-order valence-electron chi connectivity index (χ2n) is 8.32. The van der Waals surface area contributed by atoms with Crippen LogP contribution in [0.3, 0.4) is 0 Å². The van der Waals surface area contributed by atoms with Gasteiger partial charge in [0.25, 0.3) is 0 Å². The van der Waals surface area contributed by atoms with Crippen LogP contribution in [0.1, 0.15) is 56.1 Å². The summed E-state index contributed by atoms with van der Waals surface area (Å²) in [4.78, 5) is 12.4. The standard InChI is InChI=1S/C21H30N2O2.ClH/c1-14-2-5-17(20(8-14)25-13-15-3-4-15)12-22-21(24)11-16-9-18-6-7-19(10-16)23-18;/h2,5,8,15-16,18-19,23H,3-4,6-7,9-13H2,1H3,(H,22,24);1H. The normalized spacial score (nSPS) is 26.9. The van der Waals surface area contributed by atoms with E-state index in [0.29, 0.717) is 31.0 Å². The molecule has 2 atom stereocenters. The van der Waals surface area contributed by atoms with Crippen LogP contribution in [-0.2, 0) is 11.3 Å². The Kier molecular flexibility index (Phi) is 6.46. The summed E-state index contributed by atoms with van der Waals surface area (Å²) in [5.41, 5.74) is 2.29. The van der Waals surface area contributed by atoms with Gasteiger partial charge >= 0.3 is 0 Å². The highest BCUT2D eigenvalue weighted by Crippen LogP contribution is 2.33. The van der Waals surface area contributed by atoms with Crippen LogP contribution in [-0.4, -0.2) is 24.6 Å². The van der Waals surface area contributed by atoms with Crippen LogP contribution in [0.5, 0.6) is 5.75 Å². The molecule has 1 amide bonds. The van der Waals surface area contributed by atoms with Gasteiger partial charge in [-0.1, -0.05) is 12.1 Å². The number of piperidine rings is 1. The van der Waals surface area contributed by atoms with E-state index in [4.69, 9.17) is 4.74 Å². The molecule has 0 spiro atoms. The van der Waals surface area contributed by atoms with Gasteiger partial charge in [0.1, 0.15) is 5.75 Å². The monoisotopic (exact) mass is 378 g/mol. The van der Waals surface area contributed by atoms with Crippen molar-refractivity contribution in [2.24, 2.45) is 11.8 Å². The Labute approximate surface area is 162 Å². The van der Waals surface area contributed by atoms with E-state index in [0.717, 1.165) is 36.7 Å². The summed E-state index contributed by atoms with van der Waals surface area (Å²) in [7, 11) is 0. The Morgan fingerprint density at radius 3 is 2.58 bits per heavy atom. The summed E-state index contributed by atoms with van der Waals surface area (Å²) >= 11 is 0. The van der Waals surface area contributed by atoms with Gasteiger partial charge in [0.2, 0.25) is 5.91 Å². The Morgan fingerprint density at radius 2 is 1.88 bits per heavy atom. The lowest BCUT2D eigenvalue weighted by atomic mass is 9.89. The molecule has 4 rings (SSSR count). The lowest BCUT2D eigenvalue weighted by molar-refractivity contribution is -0.122. The number of benzene rings is 1. The van der Waals surface area contributed by atoms with Gasteiger partial charge in [-0.2, -0.15) is 0 Å². The number of carbonyl (C=O) groups is 1. The minimum absolute atomic E-state index is 0. The van der Waals surface area contributed by atoms with E-state index in [-0.39, 0.29) is 18.3 Å². The van der Waals surface area contributed by atoms with Crippen LogP contribution in [0.15, 0.2) is 18.2 Å². The molecular weight excluding hydrogens is 348 g/mol. The maximum atomic E-state index is 12.4. The topological polar surface area (TPSA) is 50.4 Å². The summed E-state index contributed by atoms with van der Waals surface area (Å²) in [6, 6.07) is 7.57. The summed E-state index contributed by atoms with van der Waals surface area (Å²) in [5, 5.41) is 6.76. The number of rotatable bonds is 7. The third-order valence-corrected chi connectivity index (χ3v) is 5.91. The molecule has 4 nitrogen and oxygen atoms in total. The van der Waals surface area contributed by atoms with Crippen molar-refractivity contribution in [1.29, 1.82) is 0 Å². The molecule has 0 radical (unpaired) electrons. The molecule has 3 fully saturated rings. The van der Waals surface area contributed by atoms with Gasteiger partial charge in [0, 0.05) is 30.6 Å². The first-order chi connectivity index (χ1) is 12.2. The van der Waals surface area contributed by atoms with Gasteiger partial charge in [0.15, 0.2) is 0 Å². The minimum atomic E-state index is 0. The number of nitrogens with one attached hydrogen (secondary N) is 2. The maximum absolute atomic E-state index is 12.4. The molecule has 5 heteroatoms. The summed E-state index contributed by atoms with van der Waals surface area (Å²) in [6.45, 7) is 3.46. The molecule has 2 N–H and O–H groups in total. The Balaban J connectivity index is 0.00000196.